The number of ether oxygens (including phenoxy) is 2. The van der Waals surface area contributed by atoms with E-state index in [1.54, 1.807) is 7.11 Å². The van der Waals surface area contributed by atoms with Gasteiger partial charge in [-0.3, -0.25) is 9.98 Å². The standard InChI is InChI=1S/C21H19BrN2O2/c1-3-10-21(16-9-8-14(22)13-18(16)25-2)20-19(23-11-12-24-20)15-6-4-5-7-17(15)26-21/h3-9,13H,1,10-12H2,2H3/t21-/m0/s1. The van der Waals surface area contributed by atoms with Gasteiger partial charge in [0.2, 0.25) is 0 Å². The van der Waals surface area contributed by atoms with E-state index in [9.17, 15) is 0 Å². The van der Waals surface area contributed by atoms with E-state index in [0.29, 0.717) is 19.5 Å². The monoisotopic (exact) mass is 410 g/mol. The van der Waals surface area contributed by atoms with Crippen LogP contribution in [-0.2, 0) is 5.60 Å². The highest BCUT2D eigenvalue weighted by Crippen LogP contribution is 2.45. The number of hydrogen-bond acceptors (Lipinski definition) is 4. The Morgan fingerprint density at radius 3 is 2.85 bits per heavy atom. The van der Waals surface area contributed by atoms with Crippen LogP contribution in [-0.4, -0.2) is 31.6 Å². The number of benzene rings is 2. The minimum Gasteiger partial charge on any atom is -0.496 e. The molecule has 4 nitrogen and oxygen atoms in total. The minimum atomic E-state index is -0.804. The van der Waals surface area contributed by atoms with Gasteiger partial charge in [-0.05, 0) is 30.3 Å². The normalized spacial score (nSPS) is 20.8. The van der Waals surface area contributed by atoms with Crippen LogP contribution >= 0.6 is 15.9 Å². The van der Waals surface area contributed by atoms with Gasteiger partial charge in [-0.2, -0.15) is 0 Å². The van der Waals surface area contributed by atoms with Gasteiger partial charge in [-0.25, -0.2) is 0 Å². The molecule has 4 rings (SSSR count). The summed E-state index contributed by atoms with van der Waals surface area (Å²) in [7, 11) is 1.67. The minimum absolute atomic E-state index is 0.567. The van der Waals surface area contributed by atoms with Crippen molar-refractivity contribution >= 4 is 27.4 Å². The first-order valence-electron chi connectivity index (χ1n) is 8.52. The van der Waals surface area contributed by atoms with Gasteiger partial charge < -0.3 is 9.47 Å². The highest BCUT2D eigenvalue weighted by atomic mass is 79.9. The molecule has 0 N–H and O–H groups in total. The predicted octanol–water partition coefficient (Wildman–Crippen LogP) is 4.57. The molecule has 0 fully saturated rings. The van der Waals surface area contributed by atoms with E-state index >= 15 is 0 Å². The third-order valence-corrected chi connectivity index (χ3v) is 5.20. The highest BCUT2D eigenvalue weighted by Gasteiger charge is 2.48. The molecule has 0 spiro atoms. The van der Waals surface area contributed by atoms with Gasteiger partial charge in [0.05, 0.1) is 25.9 Å². The molecular weight excluding hydrogens is 392 g/mol. The average Bonchev–Trinajstić information content (AvgIpc) is 2.68. The summed E-state index contributed by atoms with van der Waals surface area (Å²) in [6.07, 6.45) is 2.43. The van der Waals surface area contributed by atoms with Crippen LogP contribution in [0.4, 0.5) is 0 Å². The SMILES string of the molecule is C=CC[C@@]1(c2ccc(Br)cc2OC)Oc2ccccc2C2=NCCN=C21. The average molecular weight is 411 g/mol. The first kappa shape index (κ1) is 17.0. The maximum Gasteiger partial charge on any atom is 0.184 e. The van der Waals surface area contributed by atoms with Crippen LogP contribution in [0.25, 0.3) is 0 Å². The van der Waals surface area contributed by atoms with E-state index in [1.807, 2.05) is 48.5 Å². The molecule has 2 heterocycles. The molecular formula is C21H19BrN2O2. The Labute approximate surface area is 161 Å². The highest BCUT2D eigenvalue weighted by molar-refractivity contribution is 9.10. The van der Waals surface area contributed by atoms with Crippen LogP contribution in [0.1, 0.15) is 17.5 Å². The number of aliphatic imine (C=N–C) groups is 2. The second-order valence-corrected chi connectivity index (χ2v) is 7.14. The molecule has 2 aliphatic rings. The smallest absolute Gasteiger partial charge is 0.184 e. The topological polar surface area (TPSA) is 43.2 Å². The number of nitrogens with zero attached hydrogens (tertiary/aromatic N) is 2. The Bertz CT molecular complexity index is 935. The number of fused-ring (bicyclic) bond motifs is 3. The zero-order chi connectivity index (χ0) is 18.1. The fourth-order valence-corrected chi connectivity index (χ4v) is 3.97. The summed E-state index contributed by atoms with van der Waals surface area (Å²) in [5.74, 6) is 1.55. The van der Waals surface area contributed by atoms with Gasteiger partial charge in [0, 0.05) is 22.0 Å². The van der Waals surface area contributed by atoms with Crippen molar-refractivity contribution in [2.45, 2.75) is 12.0 Å². The molecule has 2 aliphatic heterocycles. The first-order valence-corrected chi connectivity index (χ1v) is 9.32. The van der Waals surface area contributed by atoms with Crippen LogP contribution in [0.3, 0.4) is 0 Å². The molecule has 2 aromatic rings. The Morgan fingerprint density at radius 2 is 2.04 bits per heavy atom. The molecule has 0 bridgehead atoms. The Morgan fingerprint density at radius 1 is 1.23 bits per heavy atom. The van der Waals surface area contributed by atoms with Crippen molar-refractivity contribution in [1.29, 1.82) is 0 Å². The number of para-hydroxylation sites is 1. The maximum absolute atomic E-state index is 6.62. The number of rotatable bonds is 4. The third-order valence-electron chi connectivity index (χ3n) is 4.70. The number of halogens is 1. The van der Waals surface area contributed by atoms with Gasteiger partial charge in [-0.15, -0.1) is 6.58 Å². The summed E-state index contributed by atoms with van der Waals surface area (Å²) in [6, 6.07) is 13.9. The van der Waals surface area contributed by atoms with E-state index in [2.05, 4.69) is 22.5 Å². The fraction of sp³-hybridized carbons (Fsp3) is 0.238. The van der Waals surface area contributed by atoms with E-state index in [1.165, 1.54) is 0 Å². The lowest BCUT2D eigenvalue weighted by Gasteiger charge is -2.41. The van der Waals surface area contributed by atoms with Crippen molar-refractivity contribution in [3.8, 4) is 11.5 Å². The predicted molar refractivity (Wildman–Crippen MR) is 108 cm³/mol. The molecule has 132 valence electrons. The van der Waals surface area contributed by atoms with Crippen LogP contribution in [0.15, 0.2) is 69.6 Å². The van der Waals surface area contributed by atoms with E-state index < -0.39 is 5.60 Å². The summed E-state index contributed by atoms with van der Waals surface area (Å²) in [4.78, 5) is 9.63. The number of methoxy groups -OCH3 is 1. The van der Waals surface area contributed by atoms with Gasteiger partial charge in [0.25, 0.3) is 0 Å². The quantitative estimate of drug-likeness (QED) is 0.692. The molecule has 0 saturated heterocycles. The zero-order valence-corrected chi connectivity index (χ0v) is 16.1. The summed E-state index contributed by atoms with van der Waals surface area (Å²) in [5.41, 5.74) is 2.86. The lowest BCUT2D eigenvalue weighted by Crippen LogP contribution is -2.50. The Balaban J connectivity index is 2.00. The van der Waals surface area contributed by atoms with Gasteiger partial charge in [0.1, 0.15) is 17.2 Å². The van der Waals surface area contributed by atoms with Crippen molar-refractivity contribution in [1.82, 2.24) is 0 Å². The van der Waals surface area contributed by atoms with Crippen LogP contribution in [0, 0.1) is 0 Å². The Hall–Kier alpha value is -2.40. The summed E-state index contributed by atoms with van der Waals surface area (Å²) in [6.45, 7) is 5.31. The van der Waals surface area contributed by atoms with Crippen molar-refractivity contribution < 1.29 is 9.47 Å². The molecule has 0 amide bonds. The van der Waals surface area contributed by atoms with Gasteiger partial charge >= 0.3 is 0 Å². The molecule has 0 radical (unpaired) electrons. The Kier molecular flexibility index (Phi) is 4.41. The molecule has 1 atom stereocenters. The second kappa shape index (κ2) is 6.72. The van der Waals surface area contributed by atoms with Gasteiger partial charge in [-0.1, -0.05) is 34.1 Å². The molecule has 26 heavy (non-hydrogen) atoms. The summed E-state index contributed by atoms with van der Waals surface area (Å²) >= 11 is 3.52. The van der Waals surface area contributed by atoms with Crippen molar-refractivity contribution in [2.24, 2.45) is 9.98 Å². The molecule has 0 unspecified atom stereocenters. The summed E-state index contributed by atoms with van der Waals surface area (Å²) < 4.78 is 13.2. The van der Waals surface area contributed by atoms with Gasteiger partial charge in [0.15, 0.2) is 5.60 Å². The maximum atomic E-state index is 6.62. The van der Waals surface area contributed by atoms with E-state index in [0.717, 1.165) is 38.5 Å². The number of hydrogen-bond donors (Lipinski definition) is 0. The van der Waals surface area contributed by atoms with Crippen molar-refractivity contribution in [3.05, 3.63) is 70.7 Å². The molecule has 0 aromatic heterocycles. The van der Waals surface area contributed by atoms with Crippen LogP contribution in [0.2, 0.25) is 0 Å². The molecule has 2 aromatic carbocycles. The van der Waals surface area contributed by atoms with E-state index in [-0.39, 0.29) is 0 Å². The van der Waals surface area contributed by atoms with E-state index in [4.69, 9.17) is 19.5 Å². The fourth-order valence-electron chi connectivity index (χ4n) is 3.63. The molecule has 0 saturated carbocycles. The van der Waals surface area contributed by atoms with Crippen LogP contribution < -0.4 is 9.47 Å². The van der Waals surface area contributed by atoms with Crippen molar-refractivity contribution in [2.75, 3.05) is 20.2 Å². The summed E-state index contributed by atoms with van der Waals surface area (Å²) in [5, 5.41) is 0. The lowest BCUT2D eigenvalue weighted by atomic mass is 9.78. The largest absolute Gasteiger partial charge is 0.496 e. The molecule has 5 heteroatoms. The zero-order valence-electron chi connectivity index (χ0n) is 14.5. The lowest BCUT2D eigenvalue weighted by molar-refractivity contribution is 0.138. The third kappa shape index (κ3) is 2.58. The van der Waals surface area contributed by atoms with Crippen molar-refractivity contribution in [3.63, 3.8) is 0 Å². The first-order chi connectivity index (χ1) is 12.7. The molecule has 0 aliphatic carbocycles. The van der Waals surface area contributed by atoms with Crippen LogP contribution in [0.5, 0.6) is 11.5 Å². The second-order valence-electron chi connectivity index (χ2n) is 6.22.